The number of aromatic nitrogens is 2. The fraction of sp³-hybridized carbons (Fsp3) is 0.333. The Hall–Kier alpha value is -2.28. The Morgan fingerprint density at radius 2 is 2.24 bits per heavy atom. The van der Waals surface area contributed by atoms with E-state index in [0.717, 1.165) is 30.6 Å². The van der Waals surface area contributed by atoms with Crippen molar-refractivity contribution in [3.05, 3.63) is 46.7 Å². The number of carbonyl (C=O) groups excluding carboxylic acids is 1. The van der Waals surface area contributed by atoms with Gasteiger partial charge < -0.3 is 19.0 Å². The second-order valence-electron chi connectivity index (χ2n) is 5.64. The van der Waals surface area contributed by atoms with Gasteiger partial charge in [-0.25, -0.2) is 4.98 Å². The molecule has 0 atom stereocenters. The summed E-state index contributed by atoms with van der Waals surface area (Å²) in [5.41, 5.74) is 1.13. The summed E-state index contributed by atoms with van der Waals surface area (Å²) in [4.78, 5) is 16.7. The number of ether oxygens (including phenoxy) is 1. The lowest BCUT2D eigenvalue weighted by Gasteiger charge is -2.09. The Labute approximate surface area is 154 Å². The highest BCUT2D eigenvalue weighted by molar-refractivity contribution is 9.10. The van der Waals surface area contributed by atoms with Crippen LogP contribution < -0.4 is 10.1 Å². The molecule has 3 rings (SSSR count). The summed E-state index contributed by atoms with van der Waals surface area (Å²) in [5.74, 6) is 1.53. The first kappa shape index (κ1) is 17.5. The molecular weight excluding hydrogens is 386 g/mol. The Kier molecular flexibility index (Phi) is 5.43. The third kappa shape index (κ3) is 3.87. The molecule has 2 heterocycles. The minimum Gasteiger partial charge on any atom is -0.496 e. The lowest BCUT2D eigenvalue weighted by atomic mass is 10.1. The molecule has 0 saturated heterocycles. The summed E-state index contributed by atoms with van der Waals surface area (Å²) in [6.07, 6.45) is 5.51. The molecule has 0 fully saturated rings. The highest BCUT2D eigenvalue weighted by atomic mass is 79.9. The number of imidazole rings is 1. The Morgan fingerprint density at radius 3 is 3.00 bits per heavy atom. The Morgan fingerprint density at radius 1 is 1.40 bits per heavy atom. The zero-order chi connectivity index (χ0) is 17.8. The molecule has 3 aromatic rings. The van der Waals surface area contributed by atoms with Crippen LogP contribution in [0, 0.1) is 0 Å². The van der Waals surface area contributed by atoms with E-state index in [4.69, 9.17) is 9.15 Å². The van der Waals surface area contributed by atoms with Crippen LogP contribution in [-0.4, -0.2) is 29.1 Å². The van der Waals surface area contributed by atoms with Gasteiger partial charge in [0.05, 0.1) is 12.5 Å². The van der Waals surface area contributed by atoms with E-state index in [1.165, 1.54) is 0 Å². The number of amides is 1. The number of benzene rings is 1. The first-order valence-corrected chi connectivity index (χ1v) is 8.97. The third-order valence-corrected chi connectivity index (χ3v) is 4.42. The number of fused-ring (bicyclic) bond motifs is 1. The number of rotatable bonds is 7. The van der Waals surface area contributed by atoms with Crippen molar-refractivity contribution in [2.45, 2.75) is 26.3 Å². The van der Waals surface area contributed by atoms with E-state index >= 15 is 0 Å². The molecule has 1 amide bonds. The summed E-state index contributed by atoms with van der Waals surface area (Å²) < 4.78 is 13.6. The van der Waals surface area contributed by atoms with Gasteiger partial charge in [0.2, 0.25) is 0 Å². The number of aryl methyl sites for hydroxylation is 2. The van der Waals surface area contributed by atoms with Crippen molar-refractivity contribution in [3.8, 4) is 5.75 Å². The quantitative estimate of drug-likeness (QED) is 0.607. The normalized spacial score (nSPS) is 11.0. The van der Waals surface area contributed by atoms with Gasteiger partial charge in [0.15, 0.2) is 4.67 Å². The summed E-state index contributed by atoms with van der Waals surface area (Å²) in [7, 11) is 1.58. The van der Waals surface area contributed by atoms with E-state index in [1.54, 1.807) is 25.4 Å². The molecule has 0 radical (unpaired) electrons. The molecule has 0 saturated carbocycles. The van der Waals surface area contributed by atoms with E-state index in [9.17, 15) is 4.79 Å². The van der Waals surface area contributed by atoms with Crippen LogP contribution in [0.2, 0.25) is 0 Å². The smallest absolute Gasteiger partial charge is 0.251 e. The molecule has 0 spiro atoms. The maximum Gasteiger partial charge on any atom is 0.251 e. The zero-order valence-electron chi connectivity index (χ0n) is 14.2. The van der Waals surface area contributed by atoms with Gasteiger partial charge in [-0.3, -0.25) is 4.79 Å². The lowest BCUT2D eigenvalue weighted by molar-refractivity contribution is 0.0952. The first-order valence-electron chi connectivity index (χ1n) is 8.17. The van der Waals surface area contributed by atoms with Gasteiger partial charge in [0, 0.05) is 43.5 Å². The van der Waals surface area contributed by atoms with Crippen molar-refractivity contribution in [1.82, 2.24) is 14.9 Å². The van der Waals surface area contributed by atoms with Gasteiger partial charge in [-0.1, -0.05) is 6.92 Å². The second kappa shape index (κ2) is 7.74. The minimum absolute atomic E-state index is 0.144. The standard InChI is InChI=1S/C18H20BrN3O3/c1-3-17-20-6-8-22(17)7-4-5-21-18(23)12-9-14(24-2)13-11-16(19)25-15(13)10-12/h6,8-11H,3-5,7H2,1-2H3,(H,21,23). The van der Waals surface area contributed by atoms with Gasteiger partial charge in [0.25, 0.3) is 5.91 Å². The zero-order valence-corrected chi connectivity index (χ0v) is 15.8. The molecule has 25 heavy (non-hydrogen) atoms. The molecule has 6 nitrogen and oxygen atoms in total. The lowest BCUT2D eigenvalue weighted by Crippen LogP contribution is -2.25. The van der Waals surface area contributed by atoms with E-state index < -0.39 is 0 Å². The van der Waals surface area contributed by atoms with Gasteiger partial charge >= 0.3 is 0 Å². The Balaban J connectivity index is 1.62. The molecule has 7 heteroatoms. The molecule has 0 bridgehead atoms. The number of methoxy groups -OCH3 is 1. The molecular formula is C18H20BrN3O3. The van der Waals surface area contributed by atoms with E-state index in [1.807, 2.05) is 12.3 Å². The summed E-state index contributed by atoms with van der Waals surface area (Å²) >= 11 is 3.30. The number of halogens is 1. The van der Waals surface area contributed by atoms with Crippen LogP contribution in [0.3, 0.4) is 0 Å². The van der Waals surface area contributed by atoms with Gasteiger partial charge in [-0.2, -0.15) is 0 Å². The van der Waals surface area contributed by atoms with E-state index in [0.29, 0.717) is 28.1 Å². The number of hydrogen-bond donors (Lipinski definition) is 1. The van der Waals surface area contributed by atoms with Crippen LogP contribution in [0.1, 0.15) is 29.5 Å². The van der Waals surface area contributed by atoms with Crippen LogP contribution in [0.5, 0.6) is 5.75 Å². The summed E-state index contributed by atoms with van der Waals surface area (Å²) in [6.45, 7) is 3.50. The van der Waals surface area contributed by atoms with Crippen LogP contribution >= 0.6 is 15.9 Å². The van der Waals surface area contributed by atoms with Crippen LogP contribution in [0.4, 0.5) is 0 Å². The van der Waals surface area contributed by atoms with Crippen molar-refractivity contribution in [1.29, 1.82) is 0 Å². The van der Waals surface area contributed by atoms with Crippen LogP contribution in [-0.2, 0) is 13.0 Å². The second-order valence-corrected chi connectivity index (χ2v) is 6.42. The van der Waals surface area contributed by atoms with Crippen molar-refractivity contribution in [3.63, 3.8) is 0 Å². The predicted octanol–water partition coefficient (Wildman–Crippen LogP) is 3.78. The largest absolute Gasteiger partial charge is 0.496 e. The summed E-state index contributed by atoms with van der Waals surface area (Å²) in [6, 6.07) is 5.28. The number of nitrogens with zero attached hydrogens (tertiary/aromatic N) is 2. The molecule has 1 aromatic carbocycles. The molecule has 2 aromatic heterocycles. The maximum atomic E-state index is 12.4. The van der Waals surface area contributed by atoms with E-state index in [-0.39, 0.29) is 5.91 Å². The number of nitrogens with one attached hydrogen (secondary N) is 1. The fourth-order valence-electron chi connectivity index (χ4n) is 2.79. The molecule has 0 unspecified atom stereocenters. The average molecular weight is 406 g/mol. The van der Waals surface area contributed by atoms with Gasteiger partial charge in [-0.05, 0) is 34.5 Å². The maximum absolute atomic E-state index is 12.4. The highest BCUT2D eigenvalue weighted by Crippen LogP contribution is 2.32. The van der Waals surface area contributed by atoms with Gasteiger partial charge in [0.1, 0.15) is 17.2 Å². The van der Waals surface area contributed by atoms with Crippen molar-refractivity contribution < 1.29 is 13.9 Å². The minimum atomic E-state index is -0.144. The topological polar surface area (TPSA) is 69.3 Å². The van der Waals surface area contributed by atoms with E-state index in [2.05, 4.69) is 37.7 Å². The van der Waals surface area contributed by atoms with Crippen molar-refractivity contribution in [2.24, 2.45) is 0 Å². The Bertz CT molecular complexity index is 885. The van der Waals surface area contributed by atoms with Crippen molar-refractivity contribution in [2.75, 3.05) is 13.7 Å². The molecule has 0 aliphatic rings. The number of hydrogen-bond acceptors (Lipinski definition) is 4. The SMILES string of the molecule is CCc1nccn1CCCNC(=O)c1cc(OC)c2cc(Br)oc2c1. The predicted molar refractivity (Wildman–Crippen MR) is 99.0 cm³/mol. The molecule has 132 valence electrons. The molecule has 1 N–H and O–H groups in total. The van der Waals surface area contributed by atoms with Crippen LogP contribution in [0.15, 0.2) is 39.7 Å². The van der Waals surface area contributed by atoms with Crippen molar-refractivity contribution >= 4 is 32.8 Å². The highest BCUT2D eigenvalue weighted by Gasteiger charge is 2.14. The number of carbonyl (C=O) groups is 1. The monoisotopic (exact) mass is 405 g/mol. The number of furan rings is 1. The fourth-order valence-corrected chi connectivity index (χ4v) is 3.19. The average Bonchev–Trinajstić information content (AvgIpc) is 3.22. The molecule has 0 aliphatic heterocycles. The molecule has 0 aliphatic carbocycles. The third-order valence-electron chi connectivity index (χ3n) is 4.03. The summed E-state index contributed by atoms with van der Waals surface area (Å²) in [5, 5.41) is 3.77. The van der Waals surface area contributed by atoms with Crippen LogP contribution in [0.25, 0.3) is 11.0 Å². The van der Waals surface area contributed by atoms with Gasteiger partial charge in [-0.15, -0.1) is 0 Å². The first-order chi connectivity index (χ1) is 12.1.